The van der Waals surface area contributed by atoms with E-state index in [1.807, 2.05) is 42.9 Å². The van der Waals surface area contributed by atoms with Crippen molar-refractivity contribution in [1.82, 2.24) is 28.2 Å². The van der Waals surface area contributed by atoms with E-state index in [1.54, 1.807) is 0 Å². The number of hydrogen-bond donors (Lipinski definition) is 0. The fourth-order valence-electron chi connectivity index (χ4n) is 17.3. The van der Waals surface area contributed by atoms with Crippen LogP contribution in [0.3, 0.4) is 0 Å². The number of nitrogens with zero attached hydrogens (tertiary/aromatic N) is 14. The van der Waals surface area contributed by atoms with Gasteiger partial charge in [0, 0.05) is 105 Å². The third kappa shape index (κ3) is 11.4. The molecular formula is C91H82N14Zn3+6. The zero-order valence-corrected chi connectivity index (χ0v) is 71.5. The molecule has 0 amide bonds. The number of aryl methyl sites for hydroxylation is 2. The molecule has 25 rings (SSSR count). The second-order valence-corrected chi connectivity index (χ2v) is 26.8. The summed E-state index contributed by atoms with van der Waals surface area (Å²) < 4.78 is 20.8. The van der Waals surface area contributed by atoms with Gasteiger partial charge in [0.05, 0.1) is 48.6 Å². The first-order chi connectivity index (χ1) is 49.0. The van der Waals surface area contributed by atoms with Gasteiger partial charge in [0.15, 0.2) is 30.8 Å². The average Bonchev–Trinajstić information content (AvgIpc) is 1.72. The maximum Gasteiger partial charge on any atom is 2.00 e. The number of fused-ring (bicyclic) bond motifs is 15. The number of imidazole rings is 3. The van der Waals surface area contributed by atoms with Gasteiger partial charge in [0.1, 0.15) is 76.7 Å². The molecule has 12 aromatic heterocycles. The van der Waals surface area contributed by atoms with Crippen LogP contribution >= 0.6 is 0 Å². The molecule has 14 nitrogen and oxygen atoms in total. The molecule has 0 saturated heterocycles. The Kier molecular flexibility index (Phi) is 21.3. The summed E-state index contributed by atoms with van der Waals surface area (Å²) in [6.07, 6.45) is 28.6. The molecule has 17 heteroatoms. The summed E-state index contributed by atoms with van der Waals surface area (Å²) in [5, 5.41) is 14.6. The molecule has 0 aliphatic carbocycles. The molecule has 1 atom stereocenters. The van der Waals surface area contributed by atoms with Crippen LogP contribution in [0.4, 0.5) is 11.5 Å². The van der Waals surface area contributed by atoms with Crippen molar-refractivity contribution in [3.63, 3.8) is 0 Å². The van der Waals surface area contributed by atoms with Crippen LogP contribution in [0, 0.1) is 44.6 Å². The van der Waals surface area contributed by atoms with E-state index in [4.69, 9.17) is 0 Å². The van der Waals surface area contributed by atoms with E-state index >= 15 is 0 Å². The number of hydrogen-bond acceptors (Lipinski definition) is 5. The van der Waals surface area contributed by atoms with Gasteiger partial charge in [-0.2, -0.15) is 26.9 Å². The van der Waals surface area contributed by atoms with Gasteiger partial charge in [-0.25, -0.2) is 23.7 Å². The maximum absolute atomic E-state index is 4.61. The summed E-state index contributed by atoms with van der Waals surface area (Å²) in [4.78, 5) is 18.2. The Morgan fingerprint density at radius 1 is 0.361 bits per heavy atom. The topological polar surface area (TPSA) is 81.7 Å². The molecule has 6 aliphatic heterocycles. The maximum atomic E-state index is 4.61. The van der Waals surface area contributed by atoms with Crippen molar-refractivity contribution in [2.24, 2.45) is 14.1 Å². The van der Waals surface area contributed by atoms with E-state index in [9.17, 15) is 0 Å². The van der Waals surface area contributed by atoms with Crippen LogP contribution in [-0.4, -0.2) is 34.3 Å². The Morgan fingerprint density at radius 2 is 0.861 bits per heavy atom. The SMILES string of the molecule is C1=CN2c3ncccc3CC2N1c1ccccc1.C[n+]1cccc2c1c1cccc3c1c1n2c(-c2ccccc2)c[n+]1C3.C[n+]1cccc2c1c1cccc3c1c1n2cc[n+]1C3.[CH3-].[CH3-].[CH3-].[CH3-].[CH3-].[CH3-].[Zn+2].[Zn+2].[Zn+2].c1cc2c3c(c1)c1cccnc1n1cc[n+](c31)C2.c1cnc2c(c1)c1ccc[n+]3c1c1c(cccc21)C3. The molecule has 7 aromatic carbocycles. The van der Waals surface area contributed by atoms with Crippen LogP contribution in [0.2, 0.25) is 0 Å². The molecule has 0 fully saturated rings. The first kappa shape index (κ1) is 76.7. The normalized spacial score (nSPS) is 13.2. The minimum atomic E-state index is 0. The fourth-order valence-corrected chi connectivity index (χ4v) is 17.3. The third-order valence-corrected chi connectivity index (χ3v) is 21.4. The first-order valence-corrected chi connectivity index (χ1v) is 34.1. The number of benzene rings is 7. The van der Waals surface area contributed by atoms with Crippen LogP contribution in [0.5, 0.6) is 0 Å². The summed E-state index contributed by atoms with van der Waals surface area (Å²) in [5.74, 6) is 1.09. The van der Waals surface area contributed by atoms with Crippen molar-refractivity contribution in [1.29, 1.82) is 0 Å². The molecule has 18 heterocycles. The number of aromatic nitrogens is 12. The predicted molar refractivity (Wildman–Crippen MR) is 428 cm³/mol. The largest absolute Gasteiger partial charge is 2.00 e. The summed E-state index contributed by atoms with van der Waals surface area (Å²) in [6, 6.07) is 73.2. The van der Waals surface area contributed by atoms with E-state index in [0.717, 1.165) is 49.6 Å². The van der Waals surface area contributed by atoms with E-state index in [2.05, 4.69) is 323 Å². The predicted octanol–water partition coefficient (Wildman–Crippen LogP) is 16.0. The van der Waals surface area contributed by atoms with Crippen LogP contribution in [0.15, 0.2) is 287 Å². The molecule has 0 spiro atoms. The third-order valence-electron chi connectivity index (χ3n) is 21.4. The number of anilines is 2. The van der Waals surface area contributed by atoms with Gasteiger partial charge in [-0.05, 0) is 72.3 Å². The van der Waals surface area contributed by atoms with Crippen LogP contribution < -0.4 is 37.2 Å². The van der Waals surface area contributed by atoms with Gasteiger partial charge in [-0.3, -0.25) is 4.98 Å². The molecule has 0 N–H and O–H groups in total. The second kappa shape index (κ2) is 30.0. The monoisotopic (exact) mass is 1560 g/mol. The van der Waals surface area contributed by atoms with Gasteiger partial charge in [-0.1, -0.05) is 121 Å². The van der Waals surface area contributed by atoms with Crippen LogP contribution in [0.25, 0.3) is 126 Å². The van der Waals surface area contributed by atoms with Gasteiger partial charge < -0.3 is 54.4 Å². The summed E-state index contributed by atoms with van der Waals surface area (Å²) in [6.45, 7) is 3.88. The van der Waals surface area contributed by atoms with Crippen molar-refractivity contribution in [2.75, 3.05) is 9.80 Å². The summed E-state index contributed by atoms with van der Waals surface area (Å²) in [7, 11) is 4.26. The van der Waals surface area contributed by atoms with Crippen molar-refractivity contribution < 1.29 is 85.8 Å². The molecule has 0 radical (unpaired) electrons. The quantitative estimate of drug-likeness (QED) is 0.0745. The molecule has 0 bridgehead atoms. The minimum absolute atomic E-state index is 0. The van der Waals surface area contributed by atoms with Crippen molar-refractivity contribution in [3.8, 4) is 11.3 Å². The second-order valence-electron chi connectivity index (χ2n) is 26.8. The molecule has 6 aliphatic rings. The average molecular weight is 1570 g/mol. The van der Waals surface area contributed by atoms with Crippen molar-refractivity contribution in [2.45, 2.75) is 38.8 Å². The zero-order chi connectivity index (χ0) is 65.1. The van der Waals surface area contributed by atoms with Gasteiger partial charge in [0.25, 0.3) is 28.0 Å². The van der Waals surface area contributed by atoms with Crippen LogP contribution in [0.1, 0.15) is 27.8 Å². The Morgan fingerprint density at radius 3 is 1.56 bits per heavy atom. The molecule has 108 heavy (non-hydrogen) atoms. The summed E-state index contributed by atoms with van der Waals surface area (Å²) >= 11 is 0. The van der Waals surface area contributed by atoms with E-state index in [0.29, 0.717) is 6.17 Å². The Labute approximate surface area is 668 Å². The molecule has 516 valence electrons. The van der Waals surface area contributed by atoms with Gasteiger partial charge >= 0.3 is 58.4 Å². The molecule has 19 aromatic rings. The Bertz CT molecular complexity index is 6650. The smallest absolute Gasteiger partial charge is 0.358 e. The molecule has 1 unspecified atom stereocenters. The minimum Gasteiger partial charge on any atom is -0.358 e. The standard InChI is InChI=1S/C22H17N3.C17H11N2.C16H13N3.C15H10N3.C15H13N3.6CH3.3Zn/c1-23-12-6-11-18-21(23)17-10-5-9-16-13-24-14-19(15-7-3-2-4-8-15)25(18)22(24)20(16)17;1-4-11-10-19-9-3-7-13-12-6-2-8-18-16(12)14(5-1)15(11)17(13)19;1-17-7-3-6-13-15(17)12-5-2-4-11-10-18-8-9-19(13)16(18)14(11)12;1-3-10-9-17-7-8-18-14-12(5-2-6-16-14)11(4-1)13(10)15(17)18;1-2-6-13(7-3-1)17-9-10-18-14(17)11-12-5-4-8-16-15(12)18;;;;;;;;;/h2-12,14H,13H2,1H3;1-9H,10H2;2-9H,10H2,1H3;1-8H,9H2;1-10,14H,11H2;6*1H3;;;/q+2;+1;+2;+1;;6*-1;3*+2. The molecule has 0 saturated carbocycles. The molecular weight excluding hydrogens is 1490 g/mol. The van der Waals surface area contributed by atoms with E-state index in [1.165, 1.54) is 149 Å². The number of rotatable bonds is 2. The van der Waals surface area contributed by atoms with Gasteiger partial charge in [-0.15, -0.1) is 0 Å². The van der Waals surface area contributed by atoms with E-state index in [-0.39, 0.29) is 103 Å². The summed E-state index contributed by atoms with van der Waals surface area (Å²) in [5.41, 5.74) is 23.2. The van der Waals surface area contributed by atoms with Crippen molar-refractivity contribution in [3.05, 3.63) is 359 Å². The first-order valence-electron chi connectivity index (χ1n) is 34.1. The van der Waals surface area contributed by atoms with E-state index < -0.39 is 0 Å². The number of pyridine rings is 9. The fraction of sp³-hybridized carbons (Fsp3) is 0.0879. The zero-order valence-electron chi connectivity index (χ0n) is 62.6. The Balaban J connectivity index is 0.000000124. The van der Waals surface area contributed by atoms with Gasteiger partial charge in [0.2, 0.25) is 22.2 Å². The van der Waals surface area contributed by atoms with Crippen molar-refractivity contribution >= 4 is 126 Å². The number of para-hydroxylation sites is 1. The Hall–Kier alpha value is -10.9. The van der Waals surface area contributed by atoms with Crippen LogP contribution in [-0.2, 0) is 105 Å².